The summed E-state index contributed by atoms with van der Waals surface area (Å²) in [4.78, 5) is 24.2. The Morgan fingerprint density at radius 3 is 2.77 bits per heavy atom. The van der Waals surface area contributed by atoms with Crippen LogP contribution in [0.4, 0.5) is 4.39 Å². The first-order valence-electron chi connectivity index (χ1n) is 9.81. The van der Waals surface area contributed by atoms with E-state index in [0.717, 1.165) is 25.9 Å². The van der Waals surface area contributed by atoms with Crippen LogP contribution in [0.1, 0.15) is 30.1 Å². The fraction of sp³-hybridized carbons (Fsp3) is 0.318. The van der Waals surface area contributed by atoms with E-state index in [1.54, 1.807) is 12.3 Å². The summed E-state index contributed by atoms with van der Waals surface area (Å²) in [7, 11) is 1.34. The Labute approximate surface area is 179 Å². The number of benzene rings is 1. The quantitative estimate of drug-likeness (QED) is 0.738. The third kappa shape index (κ3) is 4.22. The zero-order valence-electron chi connectivity index (χ0n) is 16.6. The summed E-state index contributed by atoms with van der Waals surface area (Å²) in [6.45, 7) is 2.46. The number of ether oxygens (including phenoxy) is 1. The molecule has 1 aromatic carbocycles. The largest absolute Gasteiger partial charge is 0.466 e. The van der Waals surface area contributed by atoms with E-state index in [-0.39, 0.29) is 5.02 Å². The van der Waals surface area contributed by atoms with E-state index in [1.165, 1.54) is 19.2 Å². The zero-order chi connectivity index (χ0) is 21.1. The molecule has 1 N–H and O–H groups in total. The van der Waals surface area contributed by atoms with Crippen LogP contribution < -0.4 is 5.32 Å². The van der Waals surface area contributed by atoms with Crippen molar-refractivity contribution in [1.29, 1.82) is 0 Å². The van der Waals surface area contributed by atoms with Gasteiger partial charge in [0, 0.05) is 29.0 Å². The first kappa shape index (κ1) is 20.5. The molecule has 6 nitrogen and oxygen atoms in total. The number of carbonyl (C=O) groups is 1. The van der Waals surface area contributed by atoms with Crippen LogP contribution in [0.25, 0.3) is 0 Å². The maximum atomic E-state index is 13.7. The summed E-state index contributed by atoms with van der Waals surface area (Å²) in [6, 6.07) is 8.89. The van der Waals surface area contributed by atoms with Crippen LogP contribution >= 0.6 is 11.6 Å². The number of pyridine rings is 1. The van der Waals surface area contributed by atoms with Crippen LogP contribution in [0.2, 0.25) is 5.02 Å². The number of aliphatic imine (C=N–C) groups is 1. The number of nitrogens with zero attached hydrogens (tertiary/aromatic N) is 3. The van der Waals surface area contributed by atoms with Gasteiger partial charge in [-0.1, -0.05) is 23.7 Å². The third-order valence-corrected chi connectivity index (χ3v) is 5.60. The van der Waals surface area contributed by atoms with E-state index in [1.807, 2.05) is 18.2 Å². The topological polar surface area (TPSA) is 66.8 Å². The lowest BCUT2D eigenvalue weighted by atomic mass is 9.95. The number of likely N-dealkylation sites (tertiary alicyclic amines) is 1. The molecule has 1 saturated heterocycles. The van der Waals surface area contributed by atoms with Crippen molar-refractivity contribution in [1.82, 2.24) is 15.2 Å². The predicted octanol–water partition coefficient (Wildman–Crippen LogP) is 3.49. The van der Waals surface area contributed by atoms with Crippen molar-refractivity contribution >= 4 is 23.4 Å². The number of halogens is 2. The van der Waals surface area contributed by atoms with Gasteiger partial charge in [0.15, 0.2) is 5.84 Å². The number of esters is 1. The molecule has 0 bridgehead atoms. The second kappa shape index (κ2) is 8.93. The highest BCUT2D eigenvalue weighted by atomic mass is 35.5. The molecule has 4 rings (SSSR count). The van der Waals surface area contributed by atoms with Crippen LogP contribution in [-0.2, 0) is 9.53 Å². The maximum Gasteiger partial charge on any atom is 0.338 e. The molecule has 156 valence electrons. The average molecular weight is 429 g/mol. The first-order chi connectivity index (χ1) is 14.6. The fourth-order valence-electron chi connectivity index (χ4n) is 3.82. The van der Waals surface area contributed by atoms with Crippen molar-refractivity contribution in [3.63, 3.8) is 0 Å². The predicted molar refractivity (Wildman–Crippen MR) is 113 cm³/mol. The highest BCUT2D eigenvalue weighted by molar-refractivity contribution is 6.31. The van der Waals surface area contributed by atoms with Crippen LogP contribution in [0.3, 0.4) is 0 Å². The Morgan fingerprint density at radius 2 is 2.10 bits per heavy atom. The van der Waals surface area contributed by atoms with E-state index in [0.29, 0.717) is 34.9 Å². The van der Waals surface area contributed by atoms with Gasteiger partial charge in [-0.3, -0.25) is 14.9 Å². The minimum Gasteiger partial charge on any atom is -0.466 e. The fourth-order valence-corrected chi connectivity index (χ4v) is 4.09. The van der Waals surface area contributed by atoms with Gasteiger partial charge in [0.2, 0.25) is 0 Å². The van der Waals surface area contributed by atoms with Gasteiger partial charge in [0.25, 0.3) is 0 Å². The van der Waals surface area contributed by atoms with Gasteiger partial charge < -0.3 is 10.1 Å². The highest BCUT2D eigenvalue weighted by Crippen LogP contribution is 2.36. The van der Waals surface area contributed by atoms with E-state index in [4.69, 9.17) is 21.3 Å². The first-order valence-corrected chi connectivity index (χ1v) is 10.2. The number of hydrogen-bond donors (Lipinski definition) is 1. The molecule has 0 radical (unpaired) electrons. The summed E-state index contributed by atoms with van der Waals surface area (Å²) < 4.78 is 18.8. The maximum absolute atomic E-state index is 13.7. The SMILES string of the molecule is COC(=O)C1=C(CN2CCCC2)NC(c2ccccn2)=NC1c1ccc(F)cc1Cl. The van der Waals surface area contributed by atoms with E-state index in [2.05, 4.69) is 15.2 Å². The normalized spacial score (nSPS) is 19.4. The van der Waals surface area contributed by atoms with Crippen molar-refractivity contribution in [2.24, 2.45) is 4.99 Å². The molecule has 0 amide bonds. The highest BCUT2D eigenvalue weighted by Gasteiger charge is 2.34. The number of methoxy groups -OCH3 is 1. The molecule has 2 aromatic rings. The molecule has 1 aromatic heterocycles. The Balaban J connectivity index is 1.84. The summed E-state index contributed by atoms with van der Waals surface area (Å²) in [5.74, 6) is -0.416. The molecule has 2 aliphatic heterocycles. The Hall–Kier alpha value is -2.77. The van der Waals surface area contributed by atoms with Crippen molar-refractivity contribution < 1.29 is 13.9 Å². The van der Waals surface area contributed by atoms with Gasteiger partial charge in [-0.2, -0.15) is 0 Å². The molecule has 2 aliphatic rings. The van der Waals surface area contributed by atoms with Crippen molar-refractivity contribution in [3.8, 4) is 0 Å². The molecule has 30 heavy (non-hydrogen) atoms. The number of hydrogen-bond acceptors (Lipinski definition) is 6. The average Bonchev–Trinajstić information content (AvgIpc) is 3.26. The van der Waals surface area contributed by atoms with Crippen molar-refractivity contribution in [2.75, 3.05) is 26.7 Å². The summed E-state index contributed by atoms with van der Waals surface area (Å²) in [5, 5.41) is 3.50. The lowest BCUT2D eigenvalue weighted by Gasteiger charge is -2.29. The van der Waals surface area contributed by atoms with Gasteiger partial charge in [-0.05, 0) is 50.2 Å². The lowest BCUT2D eigenvalue weighted by molar-refractivity contribution is -0.136. The lowest BCUT2D eigenvalue weighted by Crippen LogP contribution is -2.39. The Morgan fingerprint density at radius 1 is 1.30 bits per heavy atom. The number of amidine groups is 1. The summed E-state index contributed by atoms with van der Waals surface area (Å²) in [6.07, 6.45) is 3.92. The van der Waals surface area contributed by atoms with E-state index in [9.17, 15) is 9.18 Å². The van der Waals surface area contributed by atoms with Crippen LogP contribution in [0.5, 0.6) is 0 Å². The Bertz CT molecular complexity index is 1000. The van der Waals surface area contributed by atoms with E-state index >= 15 is 0 Å². The second-order valence-corrected chi connectivity index (χ2v) is 7.66. The number of aromatic nitrogens is 1. The molecular formula is C22H22ClFN4O2. The molecule has 3 heterocycles. The number of carbonyl (C=O) groups excluding carboxylic acids is 1. The molecule has 8 heteroatoms. The summed E-state index contributed by atoms with van der Waals surface area (Å²) >= 11 is 6.36. The molecule has 1 unspecified atom stereocenters. The second-order valence-electron chi connectivity index (χ2n) is 7.25. The van der Waals surface area contributed by atoms with Gasteiger partial charge >= 0.3 is 5.97 Å². The summed E-state index contributed by atoms with van der Waals surface area (Å²) in [5.41, 5.74) is 2.25. The number of nitrogens with one attached hydrogen (secondary N) is 1. The molecule has 0 spiro atoms. The number of rotatable bonds is 5. The molecular weight excluding hydrogens is 407 g/mol. The Kier molecular flexibility index (Phi) is 6.11. The smallest absolute Gasteiger partial charge is 0.338 e. The van der Waals surface area contributed by atoms with Crippen LogP contribution in [0, 0.1) is 5.82 Å². The van der Waals surface area contributed by atoms with E-state index < -0.39 is 17.8 Å². The molecule has 0 aliphatic carbocycles. The van der Waals surface area contributed by atoms with Gasteiger partial charge in [-0.15, -0.1) is 0 Å². The molecule has 0 saturated carbocycles. The molecule has 1 fully saturated rings. The van der Waals surface area contributed by atoms with Crippen LogP contribution in [0.15, 0.2) is 58.9 Å². The zero-order valence-corrected chi connectivity index (χ0v) is 17.3. The minimum atomic E-state index is -0.735. The van der Waals surface area contributed by atoms with Crippen molar-refractivity contribution in [3.05, 3.63) is 76.0 Å². The van der Waals surface area contributed by atoms with Crippen molar-refractivity contribution in [2.45, 2.75) is 18.9 Å². The standard InChI is InChI=1S/C22H22ClFN4O2/c1-30-22(29)19-18(13-28-10-4-5-11-28)26-21(17-6-2-3-9-25-17)27-20(19)15-8-7-14(24)12-16(15)23/h2-3,6-9,12,20H,4-5,10-11,13H2,1H3,(H,26,27). The van der Waals surface area contributed by atoms with Gasteiger partial charge in [-0.25, -0.2) is 9.18 Å². The monoisotopic (exact) mass is 428 g/mol. The van der Waals surface area contributed by atoms with Gasteiger partial charge in [0.05, 0.1) is 12.7 Å². The van der Waals surface area contributed by atoms with Gasteiger partial charge in [0.1, 0.15) is 17.6 Å². The third-order valence-electron chi connectivity index (χ3n) is 5.28. The molecule has 1 atom stereocenters. The van der Waals surface area contributed by atoms with Crippen LogP contribution in [-0.4, -0.2) is 48.4 Å². The minimum absolute atomic E-state index is 0.202.